The quantitative estimate of drug-likeness (QED) is 0.784. The second-order valence-corrected chi connectivity index (χ2v) is 4.13. The van der Waals surface area contributed by atoms with Gasteiger partial charge in [-0.15, -0.1) is 0 Å². The maximum absolute atomic E-state index is 11.9. The molecule has 0 saturated carbocycles. The van der Waals surface area contributed by atoms with Gasteiger partial charge in [-0.05, 0) is 23.8 Å². The van der Waals surface area contributed by atoms with Crippen molar-refractivity contribution in [3.05, 3.63) is 47.7 Å². The van der Waals surface area contributed by atoms with Crippen molar-refractivity contribution in [3.8, 4) is 17.4 Å². The predicted molar refractivity (Wildman–Crippen MR) is 71.7 cm³/mol. The van der Waals surface area contributed by atoms with Crippen LogP contribution in [0.25, 0.3) is 0 Å². The molecular weight excluding hydrogens is 260 g/mol. The van der Waals surface area contributed by atoms with Gasteiger partial charge in [0, 0.05) is 30.4 Å². The molecule has 104 valence electrons. The number of carbonyl (C=O) groups excluding carboxylic acids is 1. The van der Waals surface area contributed by atoms with Gasteiger partial charge in [0.1, 0.15) is 11.5 Å². The molecule has 0 aliphatic carbocycles. The number of hydrogen-bond donors (Lipinski definition) is 3. The number of pyridine rings is 1. The lowest BCUT2D eigenvalue weighted by atomic mass is 10.2. The number of benzene rings is 1. The Balaban J connectivity index is 2.04. The molecule has 0 fully saturated rings. The smallest absolute Gasteiger partial charge is 0.251 e. The van der Waals surface area contributed by atoms with Crippen LogP contribution in [0.5, 0.6) is 17.4 Å². The first-order valence-electron chi connectivity index (χ1n) is 5.88. The molecule has 3 N–H and O–H groups in total. The summed E-state index contributed by atoms with van der Waals surface area (Å²) in [7, 11) is 1.51. The number of aromatic hydroxyl groups is 2. The Kier molecular flexibility index (Phi) is 4.05. The van der Waals surface area contributed by atoms with Crippen molar-refractivity contribution < 1.29 is 19.7 Å². The summed E-state index contributed by atoms with van der Waals surface area (Å²) in [5, 5.41) is 21.3. The van der Waals surface area contributed by atoms with Crippen molar-refractivity contribution in [1.82, 2.24) is 10.3 Å². The Labute approximate surface area is 115 Å². The van der Waals surface area contributed by atoms with Gasteiger partial charge >= 0.3 is 0 Å². The van der Waals surface area contributed by atoms with Crippen LogP contribution in [0, 0.1) is 0 Å². The number of phenols is 2. The number of carbonyl (C=O) groups is 1. The third-order valence-corrected chi connectivity index (χ3v) is 2.63. The van der Waals surface area contributed by atoms with Crippen LogP contribution >= 0.6 is 0 Å². The largest absolute Gasteiger partial charge is 0.508 e. The fourth-order valence-electron chi connectivity index (χ4n) is 1.68. The molecule has 2 aromatic rings. The normalized spacial score (nSPS) is 10.1. The van der Waals surface area contributed by atoms with Crippen molar-refractivity contribution in [2.75, 3.05) is 7.11 Å². The molecule has 0 bridgehead atoms. The summed E-state index contributed by atoms with van der Waals surface area (Å²) < 4.78 is 4.99. The Morgan fingerprint density at radius 3 is 2.60 bits per heavy atom. The summed E-state index contributed by atoms with van der Waals surface area (Å²) in [6.45, 7) is 0.286. The van der Waals surface area contributed by atoms with E-state index in [0.29, 0.717) is 5.88 Å². The fraction of sp³-hybridized carbons (Fsp3) is 0.143. The second kappa shape index (κ2) is 5.92. The number of nitrogens with one attached hydrogen (secondary N) is 1. The molecule has 0 saturated heterocycles. The molecule has 2 rings (SSSR count). The maximum Gasteiger partial charge on any atom is 0.251 e. The van der Waals surface area contributed by atoms with Crippen molar-refractivity contribution >= 4 is 5.91 Å². The van der Waals surface area contributed by atoms with E-state index in [2.05, 4.69) is 10.3 Å². The molecule has 0 spiro atoms. The van der Waals surface area contributed by atoms with Crippen LogP contribution in [0.4, 0.5) is 0 Å². The lowest BCUT2D eigenvalue weighted by molar-refractivity contribution is 0.0950. The Morgan fingerprint density at radius 2 is 1.95 bits per heavy atom. The molecule has 6 nitrogen and oxygen atoms in total. The van der Waals surface area contributed by atoms with Crippen LogP contribution in [-0.2, 0) is 6.54 Å². The highest BCUT2D eigenvalue weighted by molar-refractivity contribution is 5.94. The first-order chi connectivity index (χ1) is 9.58. The van der Waals surface area contributed by atoms with E-state index >= 15 is 0 Å². The number of rotatable bonds is 4. The monoisotopic (exact) mass is 274 g/mol. The molecule has 0 atom stereocenters. The molecule has 6 heteroatoms. The van der Waals surface area contributed by atoms with Crippen molar-refractivity contribution in [1.29, 1.82) is 0 Å². The zero-order valence-corrected chi connectivity index (χ0v) is 10.8. The van der Waals surface area contributed by atoms with Gasteiger partial charge in [-0.25, -0.2) is 4.98 Å². The molecule has 0 aliphatic heterocycles. The number of ether oxygens (including phenoxy) is 1. The third-order valence-electron chi connectivity index (χ3n) is 2.63. The standard InChI is InChI=1S/C14H14N2O4/c1-20-13-4-9(2-3-15-13)8-16-14(19)10-5-11(17)7-12(18)6-10/h2-7,17-18H,8H2,1H3,(H,16,19). The third kappa shape index (κ3) is 3.38. The maximum atomic E-state index is 11.9. The second-order valence-electron chi connectivity index (χ2n) is 4.13. The minimum atomic E-state index is -0.396. The van der Waals surface area contributed by atoms with Gasteiger partial charge in [-0.2, -0.15) is 0 Å². The lowest BCUT2D eigenvalue weighted by Crippen LogP contribution is -2.22. The highest BCUT2D eigenvalue weighted by atomic mass is 16.5. The molecule has 20 heavy (non-hydrogen) atoms. The molecule has 1 heterocycles. The fourth-order valence-corrected chi connectivity index (χ4v) is 1.68. The highest BCUT2D eigenvalue weighted by Crippen LogP contribution is 2.20. The van der Waals surface area contributed by atoms with Gasteiger partial charge < -0.3 is 20.3 Å². The van der Waals surface area contributed by atoms with Gasteiger partial charge in [0.25, 0.3) is 5.91 Å². The van der Waals surface area contributed by atoms with Crippen LogP contribution in [0.15, 0.2) is 36.5 Å². The SMILES string of the molecule is COc1cc(CNC(=O)c2cc(O)cc(O)c2)ccn1. The highest BCUT2D eigenvalue weighted by Gasteiger charge is 2.08. The van der Waals surface area contributed by atoms with E-state index in [1.807, 2.05) is 0 Å². The summed E-state index contributed by atoms with van der Waals surface area (Å²) in [4.78, 5) is 15.9. The average Bonchev–Trinajstić information content (AvgIpc) is 2.44. The minimum absolute atomic E-state index is 0.166. The molecule has 1 amide bonds. The summed E-state index contributed by atoms with van der Waals surface area (Å²) in [6.07, 6.45) is 1.58. The number of amides is 1. The summed E-state index contributed by atoms with van der Waals surface area (Å²) in [5.74, 6) is -0.264. The number of aromatic nitrogens is 1. The molecule has 0 aliphatic rings. The van der Waals surface area contributed by atoms with E-state index in [1.54, 1.807) is 18.3 Å². The van der Waals surface area contributed by atoms with E-state index in [9.17, 15) is 15.0 Å². The summed E-state index contributed by atoms with van der Waals surface area (Å²) in [5.41, 5.74) is 1.01. The molecular formula is C14H14N2O4. The minimum Gasteiger partial charge on any atom is -0.508 e. The summed E-state index contributed by atoms with van der Waals surface area (Å²) >= 11 is 0. The van der Waals surface area contributed by atoms with Crippen LogP contribution in [0.1, 0.15) is 15.9 Å². The van der Waals surface area contributed by atoms with Gasteiger partial charge in [-0.1, -0.05) is 0 Å². The molecule has 1 aromatic carbocycles. The van der Waals surface area contributed by atoms with Crippen molar-refractivity contribution in [2.45, 2.75) is 6.54 Å². The van der Waals surface area contributed by atoms with E-state index in [4.69, 9.17) is 4.74 Å². The van der Waals surface area contributed by atoms with Crippen molar-refractivity contribution in [2.24, 2.45) is 0 Å². The van der Waals surface area contributed by atoms with E-state index in [1.165, 1.54) is 19.2 Å². The predicted octanol–water partition coefficient (Wildman–Crippen LogP) is 1.43. The molecule has 0 radical (unpaired) electrons. The van der Waals surface area contributed by atoms with E-state index < -0.39 is 5.91 Å². The zero-order chi connectivity index (χ0) is 14.5. The first-order valence-corrected chi connectivity index (χ1v) is 5.88. The first kappa shape index (κ1) is 13.7. The summed E-state index contributed by atoms with van der Waals surface area (Å²) in [6, 6.07) is 7.18. The topological polar surface area (TPSA) is 91.7 Å². The Hall–Kier alpha value is -2.76. The lowest BCUT2D eigenvalue weighted by Gasteiger charge is -2.07. The Bertz CT molecular complexity index is 608. The number of hydrogen-bond acceptors (Lipinski definition) is 5. The van der Waals surface area contributed by atoms with E-state index in [-0.39, 0.29) is 23.6 Å². The molecule has 0 unspecified atom stereocenters. The van der Waals surface area contributed by atoms with Gasteiger partial charge in [0.2, 0.25) is 5.88 Å². The van der Waals surface area contributed by atoms with Gasteiger partial charge in [0.15, 0.2) is 0 Å². The van der Waals surface area contributed by atoms with Crippen LogP contribution < -0.4 is 10.1 Å². The zero-order valence-electron chi connectivity index (χ0n) is 10.8. The van der Waals surface area contributed by atoms with Gasteiger partial charge in [0.05, 0.1) is 7.11 Å². The number of methoxy groups -OCH3 is 1. The Morgan fingerprint density at radius 1 is 1.25 bits per heavy atom. The number of phenolic OH excluding ortho intramolecular Hbond substituents is 2. The van der Waals surface area contributed by atoms with Crippen LogP contribution in [0.2, 0.25) is 0 Å². The average molecular weight is 274 g/mol. The van der Waals surface area contributed by atoms with Crippen LogP contribution in [-0.4, -0.2) is 28.2 Å². The van der Waals surface area contributed by atoms with Crippen molar-refractivity contribution in [3.63, 3.8) is 0 Å². The van der Waals surface area contributed by atoms with Crippen LogP contribution in [0.3, 0.4) is 0 Å². The number of nitrogens with zero attached hydrogens (tertiary/aromatic N) is 1. The van der Waals surface area contributed by atoms with E-state index in [0.717, 1.165) is 11.6 Å². The van der Waals surface area contributed by atoms with Gasteiger partial charge in [-0.3, -0.25) is 4.79 Å². The molecule has 1 aromatic heterocycles.